The summed E-state index contributed by atoms with van der Waals surface area (Å²) in [5.74, 6) is 0.621. The van der Waals surface area contributed by atoms with Crippen molar-refractivity contribution in [1.29, 1.82) is 0 Å². The summed E-state index contributed by atoms with van der Waals surface area (Å²) in [6.07, 6.45) is 0. The number of aromatic amines is 1. The first kappa shape index (κ1) is 25.5. The van der Waals surface area contributed by atoms with Crippen LogP contribution < -0.4 is 10.5 Å². The van der Waals surface area contributed by atoms with Crippen molar-refractivity contribution >= 4 is 22.3 Å². The van der Waals surface area contributed by atoms with Crippen LogP contribution in [0.5, 0.6) is 0 Å². The number of nitro benzene ring substituents is 1. The monoisotopic (exact) mass is 516 g/mol. The molecule has 1 aliphatic rings. The molecular weight excluding hydrogens is 484 g/mol. The fourth-order valence-corrected chi connectivity index (χ4v) is 5.26. The van der Waals surface area contributed by atoms with Gasteiger partial charge in [0.25, 0.3) is 11.2 Å². The maximum Gasteiger partial charge on any atom is 0.269 e. The molecule has 3 heterocycles. The van der Waals surface area contributed by atoms with Crippen LogP contribution in [0.25, 0.3) is 10.9 Å². The Morgan fingerprint density at radius 1 is 1.03 bits per heavy atom. The lowest BCUT2D eigenvalue weighted by atomic mass is 9.98. The number of hydrogen-bond acceptors (Lipinski definition) is 8. The van der Waals surface area contributed by atoms with Gasteiger partial charge in [0.2, 0.25) is 0 Å². The second-order valence-corrected chi connectivity index (χ2v) is 10.9. The lowest BCUT2D eigenvalue weighted by Crippen LogP contribution is -2.49. The maximum atomic E-state index is 13.5. The number of fused-ring (bicyclic) bond motifs is 1. The number of nitro groups is 1. The summed E-state index contributed by atoms with van der Waals surface area (Å²) in [4.78, 5) is 31.7. The molecule has 1 unspecified atom stereocenters. The minimum absolute atomic E-state index is 0.0717. The van der Waals surface area contributed by atoms with Gasteiger partial charge in [-0.15, -0.1) is 5.10 Å². The Morgan fingerprint density at radius 2 is 1.71 bits per heavy atom. The lowest BCUT2D eigenvalue weighted by Gasteiger charge is -2.40. The maximum absolute atomic E-state index is 13.5. The second-order valence-electron chi connectivity index (χ2n) is 10.9. The molecule has 38 heavy (non-hydrogen) atoms. The molecule has 0 aliphatic carbocycles. The number of hydrogen-bond donors (Lipinski definition) is 1. The molecule has 1 fully saturated rings. The largest absolute Gasteiger partial charge is 0.369 e. The Bertz CT molecular complexity index is 1540. The van der Waals surface area contributed by atoms with Crippen LogP contribution in [0.1, 0.15) is 49.3 Å². The van der Waals surface area contributed by atoms with E-state index in [1.165, 1.54) is 12.1 Å². The molecule has 11 nitrogen and oxygen atoms in total. The minimum Gasteiger partial charge on any atom is -0.369 e. The molecule has 11 heteroatoms. The van der Waals surface area contributed by atoms with Crippen LogP contribution in [-0.4, -0.2) is 61.2 Å². The number of anilines is 1. The number of pyridine rings is 1. The highest BCUT2D eigenvalue weighted by Gasteiger charge is 2.35. The second kappa shape index (κ2) is 9.64. The molecule has 0 radical (unpaired) electrons. The van der Waals surface area contributed by atoms with E-state index in [0.717, 1.165) is 27.7 Å². The highest BCUT2D eigenvalue weighted by atomic mass is 16.6. The predicted octanol–water partition coefficient (Wildman–Crippen LogP) is 3.71. The summed E-state index contributed by atoms with van der Waals surface area (Å²) in [5, 5.41) is 24.7. The Morgan fingerprint density at radius 3 is 2.34 bits per heavy atom. The summed E-state index contributed by atoms with van der Waals surface area (Å²) < 4.78 is 1.80. The van der Waals surface area contributed by atoms with Gasteiger partial charge < -0.3 is 9.88 Å². The molecule has 5 rings (SSSR count). The average molecular weight is 517 g/mol. The summed E-state index contributed by atoms with van der Waals surface area (Å²) in [6, 6.07) is 12.3. The zero-order chi connectivity index (χ0) is 27.2. The Kier molecular flexibility index (Phi) is 6.47. The van der Waals surface area contributed by atoms with Gasteiger partial charge in [-0.1, -0.05) is 6.07 Å². The van der Waals surface area contributed by atoms with Crippen molar-refractivity contribution in [1.82, 2.24) is 30.1 Å². The number of aryl methyl sites for hydroxylation is 2. The topological polar surface area (TPSA) is 126 Å². The molecule has 2 aromatic carbocycles. The fourth-order valence-electron chi connectivity index (χ4n) is 5.26. The molecule has 2 aromatic heterocycles. The Labute approximate surface area is 220 Å². The number of non-ortho nitro benzene ring substituents is 1. The van der Waals surface area contributed by atoms with Crippen LogP contribution in [0.15, 0.2) is 47.3 Å². The van der Waals surface area contributed by atoms with E-state index in [2.05, 4.69) is 43.3 Å². The molecule has 1 aliphatic heterocycles. The first-order valence-electron chi connectivity index (χ1n) is 12.7. The number of piperazine rings is 1. The highest BCUT2D eigenvalue weighted by molar-refractivity contribution is 5.83. The quantitative estimate of drug-likeness (QED) is 0.314. The van der Waals surface area contributed by atoms with Crippen molar-refractivity contribution in [2.45, 2.75) is 46.2 Å². The fraction of sp³-hybridized carbons (Fsp3) is 0.407. The molecule has 0 spiro atoms. The van der Waals surface area contributed by atoms with Gasteiger partial charge >= 0.3 is 0 Å². The molecular formula is C27H32N8O3. The molecule has 0 bridgehead atoms. The average Bonchev–Trinajstić information content (AvgIpc) is 3.35. The van der Waals surface area contributed by atoms with Crippen LogP contribution in [0.4, 0.5) is 11.4 Å². The standard InChI is InChI=1S/C27H32N8O3/c1-17-14-18(2)21-16-22(26(36)28-23(21)15-17)24(25-29-30-31-34(25)27(3,4)5)33-12-10-32(11-13-33)19-6-8-20(9-7-19)35(37)38/h6-9,14-16,24H,10-13H2,1-5H3,(H,28,36). The van der Waals surface area contributed by atoms with E-state index in [9.17, 15) is 14.9 Å². The summed E-state index contributed by atoms with van der Waals surface area (Å²) in [6.45, 7) is 12.9. The van der Waals surface area contributed by atoms with E-state index < -0.39 is 11.0 Å². The number of H-pyrrole nitrogens is 1. The number of tetrazole rings is 1. The van der Waals surface area contributed by atoms with E-state index in [1.807, 2.05) is 39.8 Å². The van der Waals surface area contributed by atoms with Crippen LogP contribution >= 0.6 is 0 Å². The lowest BCUT2D eigenvalue weighted by molar-refractivity contribution is -0.384. The van der Waals surface area contributed by atoms with Crippen molar-refractivity contribution < 1.29 is 4.92 Å². The van der Waals surface area contributed by atoms with Crippen molar-refractivity contribution in [3.05, 3.63) is 85.4 Å². The van der Waals surface area contributed by atoms with Gasteiger partial charge in [-0.25, -0.2) is 4.68 Å². The smallest absolute Gasteiger partial charge is 0.269 e. The molecule has 4 aromatic rings. The Balaban J connectivity index is 1.53. The first-order valence-corrected chi connectivity index (χ1v) is 12.7. The third-order valence-electron chi connectivity index (χ3n) is 7.11. The van der Waals surface area contributed by atoms with Gasteiger partial charge in [-0.05, 0) is 80.4 Å². The van der Waals surface area contributed by atoms with Gasteiger partial charge in [-0.3, -0.25) is 19.8 Å². The number of nitrogens with zero attached hydrogens (tertiary/aromatic N) is 7. The molecule has 1 atom stereocenters. The Hall–Kier alpha value is -4.12. The number of nitrogens with one attached hydrogen (secondary N) is 1. The number of aromatic nitrogens is 5. The normalized spacial score (nSPS) is 15.7. The van der Waals surface area contributed by atoms with Crippen molar-refractivity contribution in [3.63, 3.8) is 0 Å². The van der Waals surface area contributed by atoms with Crippen LogP contribution in [0.3, 0.4) is 0 Å². The van der Waals surface area contributed by atoms with Gasteiger partial charge in [0.1, 0.15) is 6.04 Å². The summed E-state index contributed by atoms with van der Waals surface area (Å²) in [5.41, 5.74) is 4.07. The third kappa shape index (κ3) is 4.76. The highest BCUT2D eigenvalue weighted by Crippen LogP contribution is 2.32. The van der Waals surface area contributed by atoms with Gasteiger partial charge in [0.15, 0.2) is 5.82 Å². The van der Waals surface area contributed by atoms with Crippen LogP contribution in [0, 0.1) is 24.0 Å². The van der Waals surface area contributed by atoms with E-state index in [4.69, 9.17) is 0 Å². The van der Waals surface area contributed by atoms with Crippen molar-refractivity contribution in [2.75, 3.05) is 31.1 Å². The van der Waals surface area contributed by atoms with E-state index in [0.29, 0.717) is 37.6 Å². The zero-order valence-electron chi connectivity index (χ0n) is 22.3. The van der Waals surface area contributed by atoms with Gasteiger partial charge in [0, 0.05) is 60.5 Å². The van der Waals surface area contributed by atoms with E-state index in [-0.39, 0.29) is 16.8 Å². The van der Waals surface area contributed by atoms with E-state index in [1.54, 1.807) is 16.8 Å². The summed E-state index contributed by atoms with van der Waals surface area (Å²) >= 11 is 0. The molecule has 0 saturated carbocycles. The SMILES string of the molecule is Cc1cc(C)c2cc(C(c3nnnn3C(C)(C)C)N3CCN(c4ccc([N+](=O)[O-])cc4)CC3)c(=O)[nH]c2c1. The molecule has 0 amide bonds. The van der Waals surface area contributed by atoms with Crippen LogP contribution in [0.2, 0.25) is 0 Å². The van der Waals surface area contributed by atoms with E-state index >= 15 is 0 Å². The van der Waals surface area contributed by atoms with Crippen LogP contribution in [-0.2, 0) is 5.54 Å². The predicted molar refractivity (Wildman–Crippen MR) is 146 cm³/mol. The summed E-state index contributed by atoms with van der Waals surface area (Å²) in [7, 11) is 0. The number of benzene rings is 2. The van der Waals surface area contributed by atoms with Gasteiger partial charge in [0.05, 0.1) is 10.5 Å². The first-order chi connectivity index (χ1) is 18.0. The molecule has 1 saturated heterocycles. The third-order valence-corrected chi connectivity index (χ3v) is 7.11. The van der Waals surface area contributed by atoms with Crippen molar-refractivity contribution in [3.8, 4) is 0 Å². The minimum atomic E-state index is -0.447. The van der Waals surface area contributed by atoms with Crippen molar-refractivity contribution in [2.24, 2.45) is 0 Å². The van der Waals surface area contributed by atoms with Gasteiger partial charge in [-0.2, -0.15) is 0 Å². The number of rotatable bonds is 5. The molecule has 1 N–H and O–H groups in total. The zero-order valence-corrected chi connectivity index (χ0v) is 22.3. The molecule has 198 valence electrons.